The molecule has 1 rings (SSSR count). The second-order valence-corrected chi connectivity index (χ2v) is 6.18. The normalized spacial score (nSPS) is 13.8. The summed E-state index contributed by atoms with van der Waals surface area (Å²) in [4.78, 5) is 0. The van der Waals surface area contributed by atoms with Gasteiger partial charge in [0.1, 0.15) is 0 Å². The van der Waals surface area contributed by atoms with E-state index in [4.69, 9.17) is 0 Å². The fourth-order valence-electron chi connectivity index (χ4n) is 2.11. The molecule has 18 heavy (non-hydrogen) atoms. The molecule has 0 radical (unpaired) electrons. The van der Waals surface area contributed by atoms with Crippen molar-refractivity contribution >= 4 is 0 Å². The van der Waals surface area contributed by atoms with Crippen LogP contribution < -0.4 is 5.32 Å². The van der Waals surface area contributed by atoms with Crippen LogP contribution in [0, 0.1) is 11.3 Å². The molecule has 0 aliphatic heterocycles. The van der Waals surface area contributed by atoms with Gasteiger partial charge in [-0.15, -0.1) is 0 Å². The minimum Gasteiger partial charge on any atom is -0.316 e. The quantitative estimate of drug-likeness (QED) is 0.755. The van der Waals surface area contributed by atoms with Gasteiger partial charge in [-0.25, -0.2) is 0 Å². The molecule has 0 fully saturated rings. The second-order valence-electron chi connectivity index (χ2n) is 6.18. The molecule has 1 unspecified atom stereocenters. The summed E-state index contributed by atoms with van der Waals surface area (Å²) in [5.41, 5.74) is 1.68. The summed E-state index contributed by atoms with van der Waals surface area (Å²) in [5.74, 6) is 0.651. The van der Waals surface area contributed by atoms with Gasteiger partial charge >= 0.3 is 0 Å². The highest BCUT2D eigenvalue weighted by Crippen LogP contribution is 2.28. The van der Waals surface area contributed by atoms with Crippen molar-refractivity contribution in [3.63, 3.8) is 0 Å². The maximum absolute atomic E-state index is 4.36. The van der Waals surface area contributed by atoms with E-state index in [1.54, 1.807) is 0 Å². The highest BCUT2D eigenvalue weighted by Gasteiger charge is 2.24. The van der Waals surface area contributed by atoms with Gasteiger partial charge in [-0.05, 0) is 49.8 Å². The van der Waals surface area contributed by atoms with E-state index in [-0.39, 0.29) is 0 Å². The fourth-order valence-corrected chi connectivity index (χ4v) is 2.11. The van der Waals surface area contributed by atoms with Crippen molar-refractivity contribution in [2.45, 2.75) is 54.0 Å². The molecule has 0 aromatic carbocycles. The topological polar surface area (TPSA) is 29.9 Å². The summed E-state index contributed by atoms with van der Waals surface area (Å²) in [6.45, 7) is 14.5. The SMILES string of the molecule is CCCNCC(Cc1cnn(CC)c1)C(C)(C)C. The number of hydrogen-bond donors (Lipinski definition) is 1. The number of aromatic nitrogens is 2. The molecule has 1 aromatic rings. The van der Waals surface area contributed by atoms with Crippen molar-refractivity contribution in [3.8, 4) is 0 Å². The maximum Gasteiger partial charge on any atom is 0.0521 e. The Kier molecular flexibility index (Phi) is 5.86. The molecule has 3 heteroatoms. The molecule has 0 bridgehead atoms. The zero-order chi connectivity index (χ0) is 13.6. The van der Waals surface area contributed by atoms with E-state index >= 15 is 0 Å². The van der Waals surface area contributed by atoms with Crippen molar-refractivity contribution in [1.82, 2.24) is 15.1 Å². The van der Waals surface area contributed by atoms with Gasteiger partial charge in [0.05, 0.1) is 6.20 Å². The van der Waals surface area contributed by atoms with E-state index in [9.17, 15) is 0 Å². The van der Waals surface area contributed by atoms with Crippen LogP contribution in [0.5, 0.6) is 0 Å². The first-order valence-corrected chi connectivity index (χ1v) is 7.19. The summed E-state index contributed by atoms with van der Waals surface area (Å²) >= 11 is 0. The Morgan fingerprint density at radius 1 is 1.33 bits per heavy atom. The lowest BCUT2D eigenvalue weighted by molar-refractivity contribution is 0.231. The standard InChI is InChI=1S/C15H29N3/c1-6-8-16-11-14(15(3,4)5)9-13-10-17-18(7-2)12-13/h10,12,14,16H,6-9,11H2,1-5H3. The minimum atomic E-state index is 0.328. The van der Waals surface area contributed by atoms with Gasteiger partial charge in [-0.3, -0.25) is 4.68 Å². The number of rotatable bonds is 7. The molecular weight excluding hydrogens is 222 g/mol. The van der Waals surface area contributed by atoms with Crippen LogP contribution in [-0.2, 0) is 13.0 Å². The summed E-state index contributed by atoms with van der Waals surface area (Å²) in [6.07, 6.45) is 6.51. The van der Waals surface area contributed by atoms with Crippen LogP contribution in [0.4, 0.5) is 0 Å². The zero-order valence-electron chi connectivity index (χ0n) is 12.7. The molecule has 1 N–H and O–H groups in total. The number of nitrogens with zero attached hydrogens (tertiary/aromatic N) is 2. The first kappa shape index (κ1) is 15.2. The van der Waals surface area contributed by atoms with Gasteiger partial charge in [-0.1, -0.05) is 27.7 Å². The molecule has 0 spiro atoms. The van der Waals surface area contributed by atoms with Crippen LogP contribution in [0.2, 0.25) is 0 Å². The molecule has 1 aromatic heterocycles. The monoisotopic (exact) mass is 251 g/mol. The molecule has 0 saturated carbocycles. The molecule has 104 valence electrons. The Morgan fingerprint density at radius 2 is 2.06 bits per heavy atom. The van der Waals surface area contributed by atoms with Crippen molar-refractivity contribution in [2.75, 3.05) is 13.1 Å². The third-order valence-electron chi connectivity index (χ3n) is 3.54. The van der Waals surface area contributed by atoms with Gasteiger partial charge in [0.2, 0.25) is 0 Å². The largest absolute Gasteiger partial charge is 0.316 e. The Bertz CT molecular complexity index is 336. The van der Waals surface area contributed by atoms with E-state index in [0.29, 0.717) is 11.3 Å². The van der Waals surface area contributed by atoms with Crippen molar-refractivity contribution in [2.24, 2.45) is 11.3 Å². The molecule has 0 amide bonds. The first-order chi connectivity index (χ1) is 8.47. The van der Waals surface area contributed by atoms with Crippen LogP contribution in [0.1, 0.15) is 46.6 Å². The van der Waals surface area contributed by atoms with Crippen LogP contribution >= 0.6 is 0 Å². The van der Waals surface area contributed by atoms with E-state index in [0.717, 1.165) is 26.1 Å². The molecular formula is C15H29N3. The highest BCUT2D eigenvalue weighted by molar-refractivity contribution is 5.06. The van der Waals surface area contributed by atoms with E-state index in [1.807, 2.05) is 10.9 Å². The van der Waals surface area contributed by atoms with Crippen LogP contribution in [0.3, 0.4) is 0 Å². The predicted molar refractivity (Wildman–Crippen MR) is 77.7 cm³/mol. The maximum atomic E-state index is 4.36. The lowest BCUT2D eigenvalue weighted by Gasteiger charge is -2.31. The Balaban J connectivity index is 2.60. The molecule has 0 aliphatic rings. The van der Waals surface area contributed by atoms with Gasteiger partial charge in [0.15, 0.2) is 0 Å². The summed E-state index contributed by atoms with van der Waals surface area (Å²) in [7, 11) is 0. The average molecular weight is 251 g/mol. The molecule has 3 nitrogen and oxygen atoms in total. The Labute approximate surface area is 112 Å². The summed E-state index contributed by atoms with van der Waals surface area (Å²) in [5, 5.41) is 7.92. The smallest absolute Gasteiger partial charge is 0.0521 e. The number of hydrogen-bond acceptors (Lipinski definition) is 2. The molecule has 1 atom stereocenters. The van der Waals surface area contributed by atoms with E-state index < -0.39 is 0 Å². The summed E-state index contributed by atoms with van der Waals surface area (Å²) in [6, 6.07) is 0. The zero-order valence-corrected chi connectivity index (χ0v) is 12.7. The van der Waals surface area contributed by atoms with Crippen LogP contribution in [-0.4, -0.2) is 22.9 Å². The minimum absolute atomic E-state index is 0.328. The third kappa shape index (κ3) is 4.81. The van der Waals surface area contributed by atoms with Crippen LogP contribution in [0.15, 0.2) is 12.4 Å². The Hall–Kier alpha value is -0.830. The van der Waals surface area contributed by atoms with Crippen LogP contribution in [0.25, 0.3) is 0 Å². The number of nitrogens with one attached hydrogen (secondary N) is 1. The van der Waals surface area contributed by atoms with Gasteiger partial charge in [0, 0.05) is 12.7 Å². The fraction of sp³-hybridized carbons (Fsp3) is 0.800. The van der Waals surface area contributed by atoms with Gasteiger partial charge in [0.25, 0.3) is 0 Å². The Morgan fingerprint density at radius 3 is 2.56 bits per heavy atom. The second kappa shape index (κ2) is 6.93. The van der Waals surface area contributed by atoms with Gasteiger partial charge < -0.3 is 5.32 Å². The third-order valence-corrected chi connectivity index (χ3v) is 3.54. The molecule has 0 aliphatic carbocycles. The van der Waals surface area contributed by atoms with Crippen molar-refractivity contribution < 1.29 is 0 Å². The lowest BCUT2D eigenvalue weighted by Crippen LogP contribution is -2.33. The predicted octanol–water partition coefficient (Wildman–Crippen LogP) is 3.11. The van der Waals surface area contributed by atoms with Crippen molar-refractivity contribution in [3.05, 3.63) is 18.0 Å². The molecule has 0 saturated heterocycles. The lowest BCUT2D eigenvalue weighted by atomic mass is 9.77. The first-order valence-electron chi connectivity index (χ1n) is 7.19. The van der Waals surface area contributed by atoms with Crippen molar-refractivity contribution in [1.29, 1.82) is 0 Å². The summed E-state index contributed by atoms with van der Waals surface area (Å²) < 4.78 is 2.01. The molecule has 1 heterocycles. The number of aryl methyl sites for hydroxylation is 1. The van der Waals surface area contributed by atoms with E-state index in [2.05, 4.69) is 51.2 Å². The highest BCUT2D eigenvalue weighted by atomic mass is 15.3. The average Bonchev–Trinajstić information content (AvgIpc) is 2.74. The van der Waals surface area contributed by atoms with Gasteiger partial charge in [-0.2, -0.15) is 5.10 Å². The van der Waals surface area contributed by atoms with E-state index in [1.165, 1.54) is 12.0 Å².